The molecule has 1 saturated heterocycles. The molecule has 6 heteroatoms. The summed E-state index contributed by atoms with van der Waals surface area (Å²) < 4.78 is 5.60. The van der Waals surface area contributed by atoms with Gasteiger partial charge in [-0.3, -0.25) is 9.69 Å². The van der Waals surface area contributed by atoms with E-state index in [-0.39, 0.29) is 18.6 Å². The molecule has 0 bridgehead atoms. The number of fused-ring (bicyclic) bond motifs is 1. The van der Waals surface area contributed by atoms with Crippen molar-refractivity contribution in [2.24, 2.45) is 0 Å². The molecule has 0 saturated carbocycles. The Morgan fingerprint density at radius 1 is 1.23 bits per heavy atom. The van der Waals surface area contributed by atoms with Gasteiger partial charge in [-0.25, -0.2) is 0 Å². The number of nitrogens with one attached hydrogen (secondary N) is 2. The van der Waals surface area contributed by atoms with Crippen molar-refractivity contribution in [3.05, 3.63) is 65.2 Å². The summed E-state index contributed by atoms with van der Waals surface area (Å²) in [6.45, 7) is 5.43. The van der Waals surface area contributed by atoms with Gasteiger partial charge in [0.15, 0.2) is 0 Å². The lowest BCUT2D eigenvalue weighted by Gasteiger charge is -2.30. The molecular formula is C25H33N3O3. The van der Waals surface area contributed by atoms with E-state index >= 15 is 0 Å². The molecule has 3 N–H and O–H groups in total. The summed E-state index contributed by atoms with van der Waals surface area (Å²) in [5, 5.41) is 16.9. The number of nitrogens with zero attached hydrogens (tertiary/aromatic N) is 1. The molecule has 4 rings (SSSR count). The van der Waals surface area contributed by atoms with Crippen molar-refractivity contribution in [2.45, 2.75) is 51.0 Å². The third-order valence-electron chi connectivity index (χ3n) is 6.16. The number of β-amino-alcohol motifs (C(OH)–C–C–N with tert-alkyl or cyclic N) is 1. The number of ether oxygens (including phenoxy) is 1. The van der Waals surface area contributed by atoms with Gasteiger partial charge < -0.3 is 20.5 Å². The van der Waals surface area contributed by atoms with Crippen LogP contribution in [0.25, 0.3) is 0 Å². The maximum atomic E-state index is 12.6. The number of amides is 1. The highest BCUT2D eigenvalue weighted by Crippen LogP contribution is 2.20. The Morgan fingerprint density at radius 2 is 2.06 bits per heavy atom. The Bertz CT molecular complexity index is 888. The molecule has 0 radical (unpaired) electrons. The van der Waals surface area contributed by atoms with Crippen LogP contribution in [0.2, 0.25) is 0 Å². The largest absolute Gasteiger partial charge is 0.390 e. The first kappa shape index (κ1) is 21.8. The van der Waals surface area contributed by atoms with Crippen LogP contribution < -0.4 is 10.6 Å². The highest BCUT2D eigenvalue weighted by molar-refractivity contribution is 5.95. The second-order valence-electron chi connectivity index (χ2n) is 8.75. The van der Waals surface area contributed by atoms with Gasteiger partial charge in [0.1, 0.15) is 0 Å². The summed E-state index contributed by atoms with van der Waals surface area (Å²) in [6.07, 6.45) is 2.59. The molecule has 0 aliphatic carbocycles. The molecule has 2 heterocycles. The minimum Gasteiger partial charge on any atom is -0.390 e. The lowest BCUT2D eigenvalue weighted by atomic mass is 10.00. The van der Waals surface area contributed by atoms with Crippen LogP contribution in [0.15, 0.2) is 48.5 Å². The predicted octanol–water partition coefficient (Wildman–Crippen LogP) is 2.82. The predicted molar refractivity (Wildman–Crippen MR) is 122 cm³/mol. The second-order valence-corrected chi connectivity index (χ2v) is 8.75. The number of carbonyl (C=O) groups excluding carboxylic acids is 1. The molecule has 2 aliphatic rings. The van der Waals surface area contributed by atoms with E-state index in [1.165, 1.54) is 11.1 Å². The molecule has 2 aliphatic heterocycles. The fraction of sp³-hybridized carbons (Fsp3) is 0.480. The van der Waals surface area contributed by atoms with Crippen molar-refractivity contribution < 1.29 is 14.6 Å². The average Bonchev–Trinajstić information content (AvgIpc) is 2.77. The molecule has 0 aromatic heterocycles. The van der Waals surface area contributed by atoms with E-state index in [4.69, 9.17) is 4.74 Å². The molecular weight excluding hydrogens is 390 g/mol. The number of anilines is 1. The van der Waals surface area contributed by atoms with Crippen LogP contribution in [0.4, 0.5) is 5.69 Å². The van der Waals surface area contributed by atoms with Crippen LogP contribution >= 0.6 is 0 Å². The van der Waals surface area contributed by atoms with Gasteiger partial charge in [0.25, 0.3) is 5.91 Å². The monoisotopic (exact) mass is 423 g/mol. The Kier molecular flexibility index (Phi) is 7.22. The number of aliphatic hydroxyl groups is 1. The first-order chi connectivity index (χ1) is 15.1. The Morgan fingerprint density at radius 3 is 2.90 bits per heavy atom. The molecule has 3 atom stereocenters. The highest BCUT2D eigenvalue weighted by Gasteiger charge is 2.20. The number of rotatable bonds is 7. The fourth-order valence-corrected chi connectivity index (χ4v) is 4.50. The topological polar surface area (TPSA) is 73.8 Å². The maximum Gasteiger partial charge on any atom is 0.251 e. The van der Waals surface area contributed by atoms with E-state index in [0.717, 1.165) is 44.6 Å². The SMILES string of the molecule is C[C@H]1CC(Nc2cccc(C(=O)NC[C@H](O)CN3CCc4ccccc4C3)c2)CCO1. The van der Waals surface area contributed by atoms with Crippen LogP contribution in [0.3, 0.4) is 0 Å². The third kappa shape index (κ3) is 6.06. The molecule has 6 nitrogen and oxygen atoms in total. The molecule has 0 spiro atoms. The molecule has 31 heavy (non-hydrogen) atoms. The van der Waals surface area contributed by atoms with Gasteiger partial charge in [-0.2, -0.15) is 0 Å². The molecule has 1 unspecified atom stereocenters. The summed E-state index contributed by atoms with van der Waals surface area (Å²) in [5.41, 5.74) is 4.27. The second kappa shape index (κ2) is 10.3. The third-order valence-corrected chi connectivity index (χ3v) is 6.16. The maximum absolute atomic E-state index is 12.6. The number of carbonyl (C=O) groups is 1. The van der Waals surface area contributed by atoms with E-state index in [0.29, 0.717) is 18.2 Å². The first-order valence-corrected chi connectivity index (χ1v) is 11.3. The lowest BCUT2D eigenvalue weighted by Crippen LogP contribution is -2.42. The van der Waals surface area contributed by atoms with Gasteiger partial charge >= 0.3 is 0 Å². The molecule has 166 valence electrons. The summed E-state index contributed by atoms with van der Waals surface area (Å²) >= 11 is 0. The van der Waals surface area contributed by atoms with Gasteiger partial charge in [-0.05, 0) is 55.5 Å². The molecule has 2 aromatic carbocycles. The van der Waals surface area contributed by atoms with Crippen molar-refractivity contribution >= 4 is 11.6 Å². The fourth-order valence-electron chi connectivity index (χ4n) is 4.50. The van der Waals surface area contributed by atoms with Crippen molar-refractivity contribution in [1.82, 2.24) is 10.2 Å². The van der Waals surface area contributed by atoms with E-state index in [2.05, 4.69) is 46.7 Å². The van der Waals surface area contributed by atoms with Crippen molar-refractivity contribution in [1.29, 1.82) is 0 Å². The van der Waals surface area contributed by atoms with Crippen LogP contribution in [0.1, 0.15) is 41.3 Å². The van der Waals surface area contributed by atoms with Gasteiger partial charge in [0, 0.05) is 50.1 Å². The molecule has 2 aromatic rings. The van der Waals surface area contributed by atoms with Crippen LogP contribution in [0, 0.1) is 0 Å². The Hall–Kier alpha value is -2.41. The van der Waals surface area contributed by atoms with Gasteiger partial charge in [0.2, 0.25) is 0 Å². The average molecular weight is 424 g/mol. The Balaban J connectivity index is 1.25. The standard InChI is InChI=1S/C25H33N3O3/c1-18-13-23(10-12-31-18)27-22-8-4-7-20(14-22)25(30)26-15-24(29)17-28-11-9-19-5-2-3-6-21(19)16-28/h2-8,14,18,23-24,27,29H,9-13,15-17H2,1H3,(H,26,30)/t18-,23?,24-/m0/s1. The van der Waals surface area contributed by atoms with Crippen molar-refractivity contribution in [3.63, 3.8) is 0 Å². The first-order valence-electron chi connectivity index (χ1n) is 11.3. The summed E-state index contributed by atoms with van der Waals surface area (Å²) in [4.78, 5) is 14.9. The minimum atomic E-state index is -0.598. The minimum absolute atomic E-state index is 0.160. The highest BCUT2D eigenvalue weighted by atomic mass is 16.5. The zero-order chi connectivity index (χ0) is 21.6. The molecule has 1 fully saturated rings. The molecule has 1 amide bonds. The van der Waals surface area contributed by atoms with Gasteiger partial charge in [-0.15, -0.1) is 0 Å². The Labute approximate surface area is 184 Å². The zero-order valence-electron chi connectivity index (χ0n) is 18.2. The number of hydrogen-bond acceptors (Lipinski definition) is 5. The smallest absolute Gasteiger partial charge is 0.251 e. The normalized spacial score (nSPS) is 22.4. The van der Waals surface area contributed by atoms with Crippen molar-refractivity contribution in [3.8, 4) is 0 Å². The number of hydrogen-bond donors (Lipinski definition) is 3. The van der Waals surface area contributed by atoms with E-state index in [9.17, 15) is 9.90 Å². The van der Waals surface area contributed by atoms with Gasteiger partial charge in [0.05, 0.1) is 12.2 Å². The quantitative estimate of drug-likeness (QED) is 0.639. The van der Waals surface area contributed by atoms with Crippen LogP contribution in [0.5, 0.6) is 0 Å². The summed E-state index contributed by atoms with van der Waals surface area (Å²) in [7, 11) is 0. The van der Waals surface area contributed by atoms with Crippen molar-refractivity contribution in [2.75, 3.05) is 31.6 Å². The van der Waals surface area contributed by atoms with E-state index in [1.807, 2.05) is 18.2 Å². The van der Waals surface area contributed by atoms with Crippen LogP contribution in [-0.4, -0.2) is 60.4 Å². The lowest BCUT2D eigenvalue weighted by molar-refractivity contribution is 0.0232. The van der Waals surface area contributed by atoms with Gasteiger partial charge in [-0.1, -0.05) is 30.3 Å². The van der Waals surface area contributed by atoms with E-state index < -0.39 is 6.10 Å². The number of aliphatic hydroxyl groups excluding tert-OH is 1. The summed E-state index contributed by atoms with van der Waals surface area (Å²) in [5.74, 6) is -0.160. The van der Waals surface area contributed by atoms with E-state index in [1.54, 1.807) is 6.07 Å². The number of benzene rings is 2. The zero-order valence-corrected chi connectivity index (χ0v) is 18.2. The van der Waals surface area contributed by atoms with Crippen LogP contribution in [-0.2, 0) is 17.7 Å². The summed E-state index contributed by atoms with van der Waals surface area (Å²) in [6, 6.07) is 16.4.